The van der Waals surface area contributed by atoms with Gasteiger partial charge >= 0.3 is 6.61 Å². The fraction of sp³-hybridized carbons (Fsp3) is 0.548. The molecule has 1 aliphatic heterocycles. The zero-order valence-corrected chi connectivity index (χ0v) is 24.9. The number of aliphatic hydroxyl groups excluding tert-OH is 1. The highest BCUT2D eigenvalue weighted by Gasteiger charge is 2.37. The summed E-state index contributed by atoms with van der Waals surface area (Å²) in [7, 11) is 1.38. The van der Waals surface area contributed by atoms with Crippen LogP contribution in [0.25, 0.3) is 16.9 Å². The number of amides is 1. The van der Waals surface area contributed by atoms with Crippen molar-refractivity contribution >= 4 is 11.6 Å². The van der Waals surface area contributed by atoms with E-state index < -0.39 is 18.8 Å². The molecule has 43 heavy (non-hydrogen) atoms. The largest absolute Gasteiger partial charge is 0.496 e. The van der Waals surface area contributed by atoms with Gasteiger partial charge in [0.05, 0.1) is 25.6 Å². The highest BCUT2D eigenvalue weighted by atomic mass is 19.3. The molecule has 12 heteroatoms. The van der Waals surface area contributed by atoms with Gasteiger partial charge in [-0.3, -0.25) is 9.20 Å². The van der Waals surface area contributed by atoms with Crippen LogP contribution in [-0.2, 0) is 4.74 Å². The number of ether oxygens (including phenoxy) is 4. The average Bonchev–Trinajstić information content (AvgIpc) is 3.70. The molecule has 5 rings (SSSR count). The third-order valence-corrected chi connectivity index (χ3v) is 8.23. The van der Waals surface area contributed by atoms with Crippen molar-refractivity contribution in [2.45, 2.75) is 64.9 Å². The van der Waals surface area contributed by atoms with Crippen LogP contribution in [-0.4, -0.2) is 84.2 Å². The van der Waals surface area contributed by atoms with Crippen LogP contribution in [0.2, 0.25) is 0 Å². The molecule has 2 aromatic heterocycles. The molecular formula is C31H40F2N4O6. The molecule has 0 spiro atoms. The summed E-state index contributed by atoms with van der Waals surface area (Å²) >= 11 is 0. The molecule has 1 unspecified atom stereocenters. The molecule has 1 aromatic carbocycles. The number of benzene rings is 1. The minimum atomic E-state index is -3.11. The van der Waals surface area contributed by atoms with Gasteiger partial charge in [-0.1, -0.05) is 6.92 Å². The second-order valence-electron chi connectivity index (χ2n) is 11.4. The molecule has 3 aromatic rings. The number of alkyl halides is 2. The molecule has 234 valence electrons. The number of methoxy groups -OCH3 is 1. The quantitative estimate of drug-likeness (QED) is 0.202. The minimum Gasteiger partial charge on any atom is -0.496 e. The number of aromatic nitrogens is 2. The summed E-state index contributed by atoms with van der Waals surface area (Å²) < 4.78 is 50.1. The first-order valence-corrected chi connectivity index (χ1v) is 14.8. The van der Waals surface area contributed by atoms with E-state index in [1.165, 1.54) is 13.2 Å². The number of hydrogen-bond acceptors (Lipinski definition) is 8. The van der Waals surface area contributed by atoms with Crippen molar-refractivity contribution in [2.24, 2.45) is 5.41 Å². The molecule has 0 bridgehead atoms. The summed E-state index contributed by atoms with van der Waals surface area (Å²) in [5, 5.41) is 13.1. The highest BCUT2D eigenvalue weighted by molar-refractivity contribution is 6.01. The number of nitrogens with zero attached hydrogens (tertiary/aromatic N) is 3. The lowest BCUT2D eigenvalue weighted by Crippen LogP contribution is -2.45. The predicted molar refractivity (Wildman–Crippen MR) is 156 cm³/mol. The van der Waals surface area contributed by atoms with Crippen molar-refractivity contribution in [1.82, 2.24) is 19.6 Å². The first-order chi connectivity index (χ1) is 20.7. The molecule has 1 atom stereocenters. The van der Waals surface area contributed by atoms with Crippen LogP contribution in [0, 0.1) is 5.41 Å². The molecule has 2 aliphatic rings. The lowest BCUT2D eigenvalue weighted by molar-refractivity contribution is -0.180. The topological polar surface area (TPSA) is 107 Å². The number of hydrogen-bond donors (Lipinski definition) is 2. The van der Waals surface area contributed by atoms with Crippen molar-refractivity contribution in [1.29, 1.82) is 0 Å². The van der Waals surface area contributed by atoms with Crippen molar-refractivity contribution < 1.29 is 37.6 Å². The van der Waals surface area contributed by atoms with Gasteiger partial charge < -0.3 is 34.3 Å². The van der Waals surface area contributed by atoms with Crippen LogP contribution in [0.3, 0.4) is 0 Å². The predicted octanol–water partition coefficient (Wildman–Crippen LogP) is 4.73. The summed E-state index contributed by atoms with van der Waals surface area (Å²) in [6, 6.07) is 6.70. The van der Waals surface area contributed by atoms with Gasteiger partial charge in [0.1, 0.15) is 28.5 Å². The molecule has 2 fully saturated rings. The van der Waals surface area contributed by atoms with Gasteiger partial charge in [0.2, 0.25) is 0 Å². The molecule has 10 nitrogen and oxygen atoms in total. The van der Waals surface area contributed by atoms with Crippen molar-refractivity contribution in [3.8, 4) is 28.5 Å². The zero-order valence-electron chi connectivity index (χ0n) is 24.9. The fourth-order valence-corrected chi connectivity index (χ4v) is 5.43. The first-order valence-electron chi connectivity index (χ1n) is 14.8. The van der Waals surface area contributed by atoms with Crippen LogP contribution in [0.5, 0.6) is 17.2 Å². The summed E-state index contributed by atoms with van der Waals surface area (Å²) in [6.45, 7) is 4.62. The normalized spacial score (nSPS) is 17.7. The number of pyridine rings is 1. The smallest absolute Gasteiger partial charge is 0.387 e. The van der Waals surface area contributed by atoms with Gasteiger partial charge in [0, 0.05) is 42.4 Å². The van der Waals surface area contributed by atoms with E-state index in [9.17, 15) is 18.7 Å². The molecule has 1 saturated heterocycles. The van der Waals surface area contributed by atoms with Crippen LogP contribution in [0.4, 0.5) is 8.78 Å². The van der Waals surface area contributed by atoms with Gasteiger partial charge in [-0.15, -0.1) is 0 Å². The molecule has 0 radical (unpaired) electrons. The number of carbonyl (C=O) groups excluding carboxylic acids is 1. The monoisotopic (exact) mass is 602 g/mol. The molecule has 3 heterocycles. The summed E-state index contributed by atoms with van der Waals surface area (Å²) in [4.78, 5) is 19.7. The van der Waals surface area contributed by atoms with E-state index in [4.69, 9.17) is 18.9 Å². The van der Waals surface area contributed by atoms with Crippen molar-refractivity contribution in [2.75, 3.05) is 40.0 Å². The van der Waals surface area contributed by atoms with E-state index >= 15 is 0 Å². The van der Waals surface area contributed by atoms with Gasteiger partial charge in [-0.2, -0.15) is 8.78 Å². The van der Waals surface area contributed by atoms with E-state index in [0.29, 0.717) is 35.9 Å². The average molecular weight is 603 g/mol. The van der Waals surface area contributed by atoms with Gasteiger partial charge in [-0.25, -0.2) is 4.98 Å². The summed E-state index contributed by atoms with van der Waals surface area (Å²) in [6.07, 6.45) is 7.01. The zero-order chi connectivity index (χ0) is 30.6. The number of carbonyl (C=O) groups is 1. The van der Waals surface area contributed by atoms with Crippen molar-refractivity contribution in [3.63, 3.8) is 0 Å². The Bertz CT molecular complexity index is 1400. The van der Waals surface area contributed by atoms with E-state index in [2.05, 4.69) is 22.1 Å². The summed E-state index contributed by atoms with van der Waals surface area (Å²) in [5.74, 6) is 0.0222. The number of aliphatic hydroxyl groups is 1. The number of nitrogens with one attached hydrogen (secondary N) is 1. The van der Waals surface area contributed by atoms with Crippen LogP contribution in [0.1, 0.15) is 56.3 Å². The van der Waals surface area contributed by atoms with Gasteiger partial charge in [-0.05, 0) is 70.3 Å². The van der Waals surface area contributed by atoms with E-state index in [-0.39, 0.29) is 28.5 Å². The number of piperidine rings is 1. The Morgan fingerprint density at radius 2 is 1.95 bits per heavy atom. The number of rotatable bonds is 14. The van der Waals surface area contributed by atoms with Crippen LogP contribution in [0.15, 0.2) is 36.7 Å². The van der Waals surface area contributed by atoms with E-state index in [1.807, 2.05) is 19.1 Å². The van der Waals surface area contributed by atoms with E-state index in [0.717, 1.165) is 51.7 Å². The maximum absolute atomic E-state index is 13.3. The lowest BCUT2D eigenvalue weighted by Gasteiger charge is -2.41. The molecule has 1 saturated carbocycles. The van der Waals surface area contributed by atoms with Gasteiger partial charge in [0.15, 0.2) is 6.29 Å². The maximum Gasteiger partial charge on any atom is 0.387 e. The standard InChI is InChI=1S/C31H40F2N4O6/c1-4-41-29(39)31(2)9-13-36(14-10-31)11-5-15-42-22-8-12-37-23(19-34-26(37)18-22)20-16-24(40-3)27(25(17-20)43-30(32)33)28(38)35-21-6-7-21/h8,12,16-19,21,29-30,39H,4-7,9-11,13-15H2,1-3H3,(H,35,38). The number of imidazole rings is 1. The van der Waals surface area contributed by atoms with Crippen molar-refractivity contribution in [3.05, 3.63) is 42.2 Å². The fourth-order valence-electron chi connectivity index (χ4n) is 5.43. The third-order valence-electron chi connectivity index (χ3n) is 8.23. The Morgan fingerprint density at radius 3 is 2.63 bits per heavy atom. The first kappa shape index (κ1) is 31.0. The van der Waals surface area contributed by atoms with Crippen LogP contribution >= 0.6 is 0 Å². The second-order valence-corrected chi connectivity index (χ2v) is 11.4. The SMILES string of the molecule is CCOC(O)C1(C)CCN(CCCOc2ccn3c(-c4cc(OC)c(C(=O)NC5CC5)c(OC(F)F)c4)cnc3c2)CC1. The van der Waals surface area contributed by atoms with E-state index in [1.54, 1.807) is 22.9 Å². The van der Waals surface area contributed by atoms with Crippen LogP contribution < -0.4 is 19.5 Å². The molecule has 1 amide bonds. The minimum absolute atomic E-state index is 0.0356. The Hall–Kier alpha value is -3.48. The maximum atomic E-state index is 13.3. The molecule has 1 aliphatic carbocycles. The van der Waals surface area contributed by atoms with Gasteiger partial charge in [0.25, 0.3) is 5.91 Å². The summed E-state index contributed by atoms with van der Waals surface area (Å²) in [5.41, 5.74) is 1.45. The number of fused-ring (bicyclic) bond motifs is 1. The lowest BCUT2D eigenvalue weighted by atomic mass is 9.79. The second kappa shape index (κ2) is 13.4. The molecular weight excluding hydrogens is 562 g/mol. The highest BCUT2D eigenvalue weighted by Crippen LogP contribution is 2.38. The third kappa shape index (κ3) is 7.36. The number of halogens is 2. The number of likely N-dealkylation sites (tertiary alicyclic amines) is 1. The Kier molecular flexibility index (Phi) is 9.68. The Labute approximate surface area is 249 Å². The Balaban J connectivity index is 1.22. The Morgan fingerprint density at radius 1 is 1.21 bits per heavy atom. The molecule has 2 N–H and O–H groups in total.